The predicted octanol–water partition coefficient (Wildman–Crippen LogP) is 0.782. The van der Waals surface area contributed by atoms with Crippen molar-refractivity contribution in [2.75, 3.05) is 13.6 Å². The van der Waals surface area contributed by atoms with E-state index in [1.54, 1.807) is 14.0 Å². The zero-order valence-electron chi connectivity index (χ0n) is 11.5. The molecule has 0 fully saturated rings. The summed E-state index contributed by atoms with van der Waals surface area (Å²) >= 11 is 0. The summed E-state index contributed by atoms with van der Waals surface area (Å²) in [5.74, 6) is -0.256. The van der Waals surface area contributed by atoms with Crippen LogP contribution in [-0.2, 0) is 9.59 Å². The number of unbranched alkanes of at least 4 members (excludes halogenated alkanes) is 2. The maximum absolute atomic E-state index is 11.3. The van der Waals surface area contributed by atoms with Crippen molar-refractivity contribution in [1.82, 2.24) is 10.6 Å². The monoisotopic (exact) mass is 245 g/mol. The maximum atomic E-state index is 11.3. The normalized spacial score (nSPS) is 10.9. The first kappa shape index (κ1) is 18.3. The van der Waals surface area contributed by atoms with E-state index in [-0.39, 0.29) is 11.8 Å². The van der Waals surface area contributed by atoms with Gasteiger partial charge in [0.25, 0.3) is 0 Å². The van der Waals surface area contributed by atoms with Crippen molar-refractivity contribution in [3.63, 3.8) is 0 Å². The van der Waals surface area contributed by atoms with Crippen LogP contribution in [0.5, 0.6) is 0 Å². The molecule has 0 aromatic carbocycles. The van der Waals surface area contributed by atoms with Gasteiger partial charge < -0.3 is 16.4 Å². The second kappa shape index (κ2) is 13.0. The van der Waals surface area contributed by atoms with Crippen LogP contribution in [0.2, 0.25) is 0 Å². The quantitative estimate of drug-likeness (QED) is 0.580. The van der Waals surface area contributed by atoms with E-state index in [2.05, 4.69) is 10.6 Å². The summed E-state index contributed by atoms with van der Waals surface area (Å²) in [5, 5.41) is 5.10. The number of likely N-dealkylation sites (N-methyl/N-ethyl adjacent to an activating group) is 1. The zero-order chi connectivity index (χ0) is 13.7. The second-order valence-corrected chi connectivity index (χ2v) is 3.50. The van der Waals surface area contributed by atoms with E-state index < -0.39 is 6.04 Å². The smallest absolute Gasteiger partial charge is 0.242 e. The van der Waals surface area contributed by atoms with Crippen molar-refractivity contribution in [3.05, 3.63) is 0 Å². The van der Waals surface area contributed by atoms with Crippen molar-refractivity contribution in [2.24, 2.45) is 5.73 Å². The number of amides is 2. The molecule has 0 spiro atoms. The summed E-state index contributed by atoms with van der Waals surface area (Å²) in [6.07, 6.45) is 3.18. The molecule has 102 valence electrons. The van der Waals surface area contributed by atoms with Crippen molar-refractivity contribution in [3.8, 4) is 0 Å². The highest BCUT2D eigenvalue weighted by Gasteiger charge is 2.12. The standard InChI is InChI=1S/C10H21N3O2.C2H6/c1-8(10(15)12-2)13-9(14)6-4-3-5-7-11;1-2/h8H,3-7,11H2,1-2H3,(H,12,15)(H,13,14);1-2H3. The summed E-state index contributed by atoms with van der Waals surface area (Å²) in [4.78, 5) is 22.4. The topological polar surface area (TPSA) is 84.2 Å². The highest BCUT2D eigenvalue weighted by molar-refractivity contribution is 5.86. The van der Waals surface area contributed by atoms with Crippen LogP contribution in [0.4, 0.5) is 0 Å². The molecule has 0 saturated heterocycles. The van der Waals surface area contributed by atoms with Gasteiger partial charge in [0.1, 0.15) is 6.04 Å². The number of hydrogen-bond acceptors (Lipinski definition) is 3. The van der Waals surface area contributed by atoms with E-state index in [0.29, 0.717) is 13.0 Å². The van der Waals surface area contributed by atoms with Crippen LogP contribution in [-0.4, -0.2) is 31.4 Å². The summed E-state index contributed by atoms with van der Waals surface area (Å²) in [6.45, 7) is 6.33. The van der Waals surface area contributed by atoms with Gasteiger partial charge in [0.2, 0.25) is 11.8 Å². The Hall–Kier alpha value is -1.10. The van der Waals surface area contributed by atoms with Crippen molar-refractivity contribution in [1.29, 1.82) is 0 Å². The van der Waals surface area contributed by atoms with E-state index in [1.807, 2.05) is 13.8 Å². The fourth-order valence-electron chi connectivity index (χ4n) is 1.20. The molecule has 0 heterocycles. The van der Waals surface area contributed by atoms with Crippen molar-refractivity contribution in [2.45, 2.75) is 52.5 Å². The lowest BCUT2D eigenvalue weighted by Crippen LogP contribution is -2.43. The lowest BCUT2D eigenvalue weighted by Gasteiger charge is -2.11. The molecule has 0 radical (unpaired) electrons. The third-order valence-electron chi connectivity index (χ3n) is 2.13. The lowest BCUT2D eigenvalue weighted by atomic mass is 10.2. The van der Waals surface area contributed by atoms with E-state index in [0.717, 1.165) is 19.3 Å². The zero-order valence-corrected chi connectivity index (χ0v) is 11.5. The highest BCUT2D eigenvalue weighted by atomic mass is 16.2. The van der Waals surface area contributed by atoms with E-state index in [9.17, 15) is 9.59 Å². The lowest BCUT2D eigenvalue weighted by molar-refractivity contribution is -0.128. The van der Waals surface area contributed by atoms with Gasteiger partial charge in [-0.05, 0) is 26.3 Å². The molecule has 0 aliphatic heterocycles. The van der Waals surface area contributed by atoms with Gasteiger partial charge >= 0.3 is 0 Å². The summed E-state index contributed by atoms with van der Waals surface area (Å²) in [6, 6.07) is -0.461. The molecule has 2 amide bonds. The first-order valence-corrected chi connectivity index (χ1v) is 6.32. The van der Waals surface area contributed by atoms with Gasteiger partial charge in [-0.15, -0.1) is 0 Å². The third kappa shape index (κ3) is 11.2. The number of carbonyl (C=O) groups is 2. The average molecular weight is 245 g/mol. The van der Waals surface area contributed by atoms with Crippen molar-refractivity contribution < 1.29 is 9.59 Å². The highest BCUT2D eigenvalue weighted by Crippen LogP contribution is 1.98. The Morgan fingerprint density at radius 2 is 1.76 bits per heavy atom. The van der Waals surface area contributed by atoms with Gasteiger partial charge in [-0.3, -0.25) is 9.59 Å². The van der Waals surface area contributed by atoms with Crippen LogP contribution in [0.15, 0.2) is 0 Å². The Bertz CT molecular complexity index is 208. The molecule has 0 bridgehead atoms. The molecule has 17 heavy (non-hydrogen) atoms. The SMILES string of the molecule is CC.CNC(=O)C(C)NC(=O)CCCCCN. The van der Waals surface area contributed by atoms with Gasteiger partial charge in [-0.25, -0.2) is 0 Å². The molecule has 0 rings (SSSR count). The minimum atomic E-state index is -0.461. The fraction of sp³-hybridized carbons (Fsp3) is 0.833. The summed E-state index contributed by atoms with van der Waals surface area (Å²) < 4.78 is 0. The van der Waals surface area contributed by atoms with Gasteiger partial charge in [-0.2, -0.15) is 0 Å². The molecule has 1 unspecified atom stereocenters. The number of hydrogen-bond donors (Lipinski definition) is 3. The Balaban J connectivity index is 0. The van der Waals surface area contributed by atoms with Gasteiger partial charge in [0.15, 0.2) is 0 Å². The van der Waals surface area contributed by atoms with Gasteiger partial charge in [0, 0.05) is 13.5 Å². The number of rotatable bonds is 7. The largest absolute Gasteiger partial charge is 0.357 e. The average Bonchev–Trinajstić information content (AvgIpc) is 2.36. The molecule has 0 aromatic heterocycles. The summed E-state index contributed by atoms with van der Waals surface area (Å²) in [5.41, 5.74) is 5.33. The minimum Gasteiger partial charge on any atom is -0.357 e. The molecular weight excluding hydrogens is 218 g/mol. The summed E-state index contributed by atoms with van der Waals surface area (Å²) in [7, 11) is 1.55. The Morgan fingerprint density at radius 1 is 1.18 bits per heavy atom. The minimum absolute atomic E-state index is 0.0804. The van der Waals surface area contributed by atoms with E-state index >= 15 is 0 Å². The molecule has 0 aliphatic carbocycles. The van der Waals surface area contributed by atoms with Crippen molar-refractivity contribution >= 4 is 11.8 Å². The van der Waals surface area contributed by atoms with Crippen LogP contribution in [0, 0.1) is 0 Å². The third-order valence-corrected chi connectivity index (χ3v) is 2.13. The van der Waals surface area contributed by atoms with Gasteiger partial charge in [-0.1, -0.05) is 20.3 Å². The molecular formula is C12H27N3O2. The fourth-order valence-corrected chi connectivity index (χ4v) is 1.20. The van der Waals surface area contributed by atoms with Crippen LogP contribution in [0.3, 0.4) is 0 Å². The van der Waals surface area contributed by atoms with Crippen LogP contribution < -0.4 is 16.4 Å². The number of nitrogens with one attached hydrogen (secondary N) is 2. The maximum Gasteiger partial charge on any atom is 0.242 e. The van der Waals surface area contributed by atoms with Gasteiger partial charge in [0.05, 0.1) is 0 Å². The van der Waals surface area contributed by atoms with E-state index in [1.165, 1.54) is 0 Å². The molecule has 5 heteroatoms. The predicted molar refractivity (Wildman–Crippen MR) is 70.5 cm³/mol. The second-order valence-electron chi connectivity index (χ2n) is 3.50. The molecule has 4 N–H and O–H groups in total. The number of nitrogens with two attached hydrogens (primary N) is 1. The first-order chi connectivity index (χ1) is 8.11. The Labute approximate surface area is 105 Å². The van der Waals surface area contributed by atoms with Crippen LogP contribution >= 0.6 is 0 Å². The van der Waals surface area contributed by atoms with Crippen LogP contribution in [0.25, 0.3) is 0 Å². The van der Waals surface area contributed by atoms with Crippen LogP contribution in [0.1, 0.15) is 46.5 Å². The molecule has 0 saturated carbocycles. The molecule has 1 atom stereocenters. The Morgan fingerprint density at radius 3 is 2.24 bits per heavy atom. The number of carbonyl (C=O) groups excluding carboxylic acids is 2. The Kier molecular flexibility index (Phi) is 13.9. The molecule has 0 aromatic rings. The van der Waals surface area contributed by atoms with E-state index in [4.69, 9.17) is 5.73 Å². The molecule has 0 aliphatic rings. The first-order valence-electron chi connectivity index (χ1n) is 6.32. The molecule has 5 nitrogen and oxygen atoms in total.